The molecule has 1 aliphatic rings. The van der Waals surface area contributed by atoms with E-state index in [0.29, 0.717) is 19.0 Å². The van der Waals surface area contributed by atoms with Gasteiger partial charge < -0.3 is 19.8 Å². The molecule has 1 aromatic carbocycles. The van der Waals surface area contributed by atoms with E-state index in [4.69, 9.17) is 4.74 Å². The first-order valence-corrected chi connectivity index (χ1v) is 11.2. The Bertz CT molecular complexity index is 961. The van der Waals surface area contributed by atoms with Crippen molar-refractivity contribution in [1.29, 1.82) is 0 Å². The smallest absolute Gasteiger partial charge is 0.406 e. The Hall–Kier alpha value is -1.84. The summed E-state index contributed by atoms with van der Waals surface area (Å²) in [6.07, 6.45) is 0.332. The maximum absolute atomic E-state index is 12.4. The number of carbonyl (C=O) groups excluding carboxylic acids is 1. The summed E-state index contributed by atoms with van der Waals surface area (Å²) in [5, 5.41) is 2.59. The number of thioether (sulfide) groups is 1. The number of hydrogen-bond donors (Lipinski definition) is 2. The van der Waals surface area contributed by atoms with E-state index in [1.165, 1.54) is 7.11 Å². The summed E-state index contributed by atoms with van der Waals surface area (Å²) >= 11 is 5.38. The summed E-state index contributed by atoms with van der Waals surface area (Å²) in [4.78, 5) is 31.1. The van der Waals surface area contributed by atoms with Crippen molar-refractivity contribution in [3.05, 3.63) is 49.8 Å². The lowest BCUT2D eigenvalue weighted by Gasteiger charge is -2.27. The monoisotopic (exact) mass is 481 g/mol. The summed E-state index contributed by atoms with van der Waals surface area (Å²) < 4.78 is 11.4. The van der Waals surface area contributed by atoms with E-state index >= 15 is 0 Å². The number of hydrogen-bond acceptors (Lipinski definition) is 6. The van der Waals surface area contributed by atoms with E-state index in [2.05, 4.69) is 36.0 Å². The number of aromatic nitrogens is 2. The quantitative estimate of drug-likeness (QED) is 0.612. The molecule has 2 aromatic rings. The van der Waals surface area contributed by atoms with Gasteiger partial charge in [0.2, 0.25) is 0 Å². The SMILES string of the molecule is COC(=O)NCCOC(C)(C)c1ccc(-c2nc3c(c(=O)[nH]2)CSCC3)cc1Br. The summed E-state index contributed by atoms with van der Waals surface area (Å²) in [6.45, 7) is 4.61. The molecule has 156 valence electrons. The average Bonchev–Trinajstić information content (AvgIpc) is 2.70. The van der Waals surface area contributed by atoms with Crippen LogP contribution in [0.2, 0.25) is 0 Å². The van der Waals surface area contributed by atoms with Crippen LogP contribution < -0.4 is 10.9 Å². The second-order valence-electron chi connectivity index (χ2n) is 7.11. The molecule has 3 rings (SSSR count). The van der Waals surface area contributed by atoms with Gasteiger partial charge in [0.15, 0.2) is 0 Å². The molecule has 1 amide bonds. The van der Waals surface area contributed by atoms with Crippen LogP contribution in [0.4, 0.5) is 4.79 Å². The number of nitrogens with zero attached hydrogens (tertiary/aromatic N) is 1. The molecule has 1 aromatic heterocycles. The number of ether oxygens (including phenoxy) is 2. The first kappa shape index (κ1) is 21.9. The fourth-order valence-corrected chi connectivity index (χ4v) is 4.98. The van der Waals surface area contributed by atoms with Crippen LogP contribution in [-0.4, -0.2) is 42.1 Å². The van der Waals surface area contributed by atoms with Crippen LogP contribution in [-0.2, 0) is 27.2 Å². The van der Waals surface area contributed by atoms with Gasteiger partial charge in [0.1, 0.15) is 5.82 Å². The molecular formula is C20H24BrN3O4S. The standard InChI is InChI=1S/C20H24BrN3O4S/c1-20(2,28-8-7-22-19(26)27-3)14-5-4-12(10-15(14)21)17-23-16-6-9-29-11-13(16)18(25)24-17/h4-5,10H,6-9,11H2,1-3H3,(H,22,26)(H,23,24,25). The number of H-pyrrole nitrogens is 1. The average molecular weight is 482 g/mol. The van der Waals surface area contributed by atoms with E-state index in [0.717, 1.165) is 44.8 Å². The molecule has 0 spiro atoms. The lowest BCUT2D eigenvalue weighted by atomic mass is 9.96. The Balaban J connectivity index is 1.77. The number of rotatable bonds is 6. The highest BCUT2D eigenvalue weighted by Gasteiger charge is 2.25. The van der Waals surface area contributed by atoms with Crippen molar-refractivity contribution in [2.75, 3.05) is 26.0 Å². The van der Waals surface area contributed by atoms with E-state index in [9.17, 15) is 9.59 Å². The molecule has 0 aliphatic carbocycles. The van der Waals surface area contributed by atoms with Crippen LogP contribution in [0, 0.1) is 0 Å². The summed E-state index contributed by atoms with van der Waals surface area (Å²) in [5.74, 6) is 2.28. The van der Waals surface area contributed by atoms with Gasteiger partial charge in [-0.2, -0.15) is 11.8 Å². The maximum Gasteiger partial charge on any atom is 0.406 e. The highest BCUT2D eigenvalue weighted by Crippen LogP contribution is 2.34. The van der Waals surface area contributed by atoms with Crippen LogP contribution >= 0.6 is 27.7 Å². The van der Waals surface area contributed by atoms with Gasteiger partial charge >= 0.3 is 6.09 Å². The van der Waals surface area contributed by atoms with E-state index in [1.54, 1.807) is 11.8 Å². The number of fused-ring (bicyclic) bond motifs is 1. The minimum Gasteiger partial charge on any atom is -0.453 e. The number of halogens is 1. The molecule has 9 heteroatoms. The molecule has 0 atom stereocenters. The Labute approximate surface area is 182 Å². The Morgan fingerprint density at radius 3 is 2.93 bits per heavy atom. The molecule has 2 heterocycles. The number of nitrogens with one attached hydrogen (secondary N) is 2. The molecule has 0 unspecified atom stereocenters. The molecule has 0 saturated heterocycles. The molecule has 0 saturated carbocycles. The largest absolute Gasteiger partial charge is 0.453 e. The summed E-state index contributed by atoms with van der Waals surface area (Å²) in [6, 6.07) is 5.83. The van der Waals surface area contributed by atoms with Crippen molar-refractivity contribution in [1.82, 2.24) is 15.3 Å². The fourth-order valence-electron chi connectivity index (χ4n) is 3.14. The van der Waals surface area contributed by atoms with Crippen molar-refractivity contribution in [2.24, 2.45) is 0 Å². The number of alkyl carbamates (subject to hydrolysis) is 1. The molecule has 0 bridgehead atoms. The van der Waals surface area contributed by atoms with Gasteiger partial charge in [0.25, 0.3) is 5.56 Å². The topological polar surface area (TPSA) is 93.3 Å². The molecule has 7 nitrogen and oxygen atoms in total. The maximum atomic E-state index is 12.4. The van der Waals surface area contributed by atoms with Crippen LogP contribution in [0.1, 0.15) is 30.7 Å². The highest BCUT2D eigenvalue weighted by molar-refractivity contribution is 9.10. The first-order chi connectivity index (χ1) is 13.8. The molecule has 0 fully saturated rings. The van der Waals surface area contributed by atoms with Gasteiger partial charge in [-0.1, -0.05) is 28.1 Å². The van der Waals surface area contributed by atoms with Gasteiger partial charge in [0, 0.05) is 27.9 Å². The summed E-state index contributed by atoms with van der Waals surface area (Å²) in [5.41, 5.74) is 2.83. The highest BCUT2D eigenvalue weighted by atomic mass is 79.9. The Morgan fingerprint density at radius 1 is 1.41 bits per heavy atom. The zero-order chi connectivity index (χ0) is 21.0. The molecule has 0 radical (unpaired) electrons. The second-order valence-corrected chi connectivity index (χ2v) is 9.07. The van der Waals surface area contributed by atoms with Crippen molar-refractivity contribution in [3.8, 4) is 11.4 Å². The number of carbonyl (C=O) groups is 1. The van der Waals surface area contributed by atoms with Crippen LogP contribution in [0.15, 0.2) is 27.5 Å². The zero-order valence-electron chi connectivity index (χ0n) is 16.6. The Kier molecular flexibility index (Phi) is 7.02. The van der Waals surface area contributed by atoms with E-state index in [1.807, 2.05) is 32.0 Å². The van der Waals surface area contributed by atoms with Gasteiger partial charge in [-0.25, -0.2) is 9.78 Å². The second kappa shape index (κ2) is 9.32. The lowest BCUT2D eigenvalue weighted by molar-refractivity contribution is -0.0200. The minimum absolute atomic E-state index is 0.0563. The van der Waals surface area contributed by atoms with Crippen molar-refractivity contribution in [3.63, 3.8) is 0 Å². The summed E-state index contributed by atoms with van der Waals surface area (Å²) in [7, 11) is 1.32. The number of amides is 1. The number of benzene rings is 1. The number of aromatic amines is 1. The molecule has 1 aliphatic heterocycles. The predicted octanol–water partition coefficient (Wildman–Crippen LogP) is 3.60. The van der Waals surface area contributed by atoms with Crippen molar-refractivity contribution >= 4 is 33.8 Å². The van der Waals surface area contributed by atoms with Crippen LogP contribution in [0.3, 0.4) is 0 Å². The fraction of sp³-hybridized carbons (Fsp3) is 0.450. The third-order valence-electron chi connectivity index (χ3n) is 4.74. The predicted molar refractivity (Wildman–Crippen MR) is 117 cm³/mol. The van der Waals surface area contributed by atoms with Gasteiger partial charge in [-0.15, -0.1) is 0 Å². The van der Waals surface area contributed by atoms with Crippen molar-refractivity contribution < 1.29 is 14.3 Å². The van der Waals surface area contributed by atoms with Gasteiger partial charge in [-0.05, 0) is 37.7 Å². The zero-order valence-corrected chi connectivity index (χ0v) is 19.0. The minimum atomic E-state index is -0.580. The molecule has 29 heavy (non-hydrogen) atoms. The third kappa shape index (κ3) is 5.21. The number of methoxy groups -OCH3 is 1. The lowest BCUT2D eigenvalue weighted by Crippen LogP contribution is -2.31. The molecule has 2 N–H and O–H groups in total. The first-order valence-electron chi connectivity index (χ1n) is 9.28. The normalized spacial score (nSPS) is 13.7. The third-order valence-corrected chi connectivity index (χ3v) is 6.38. The Morgan fingerprint density at radius 2 is 2.21 bits per heavy atom. The van der Waals surface area contributed by atoms with E-state index < -0.39 is 11.7 Å². The number of aryl methyl sites for hydroxylation is 1. The van der Waals surface area contributed by atoms with Gasteiger partial charge in [0.05, 0.1) is 25.0 Å². The van der Waals surface area contributed by atoms with E-state index in [-0.39, 0.29) is 5.56 Å². The van der Waals surface area contributed by atoms with Crippen LogP contribution in [0.25, 0.3) is 11.4 Å². The molecular weight excluding hydrogens is 458 g/mol. The van der Waals surface area contributed by atoms with Gasteiger partial charge in [-0.3, -0.25) is 4.79 Å². The van der Waals surface area contributed by atoms with Crippen molar-refractivity contribution in [2.45, 2.75) is 31.6 Å². The van der Waals surface area contributed by atoms with Crippen LogP contribution in [0.5, 0.6) is 0 Å².